The van der Waals surface area contributed by atoms with Crippen molar-refractivity contribution in [2.45, 2.75) is 25.1 Å². The average Bonchev–Trinajstić information content (AvgIpc) is 2.39. The van der Waals surface area contributed by atoms with Gasteiger partial charge in [0, 0.05) is 26.2 Å². The van der Waals surface area contributed by atoms with Gasteiger partial charge in [-0.05, 0) is 6.42 Å². The predicted molar refractivity (Wildman–Crippen MR) is 65.6 cm³/mol. The molecule has 0 aromatic heterocycles. The van der Waals surface area contributed by atoms with Crippen LogP contribution in [0, 0.1) is 0 Å². The highest BCUT2D eigenvalue weighted by atomic mass is 32.2. The van der Waals surface area contributed by atoms with Gasteiger partial charge in [0.1, 0.15) is 0 Å². The lowest BCUT2D eigenvalue weighted by molar-refractivity contribution is 0.150. The highest BCUT2D eigenvalue weighted by Gasteiger charge is 2.35. The molecule has 0 saturated carbocycles. The molecule has 0 radical (unpaired) electrons. The summed E-state index contributed by atoms with van der Waals surface area (Å²) in [7, 11) is -4.52. The van der Waals surface area contributed by atoms with E-state index in [0.29, 0.717) is 6.42 Å². The van der Waals surface area contributed by atoms with E-state index in [1.807, 2.05) is 11.8 Å². The van der Waals surface area contributed by atoms with Gasteiger partial charge in [0.2, 0.25) is 0 Å². The molecule has 0 aliphatic carbocycles. The van der Waals surface area contributed by atoms with E-state index in [-0.39, 0.29) is 38.1 Å². The minimum absolute atomic E-state index is 0.0259. The average molecular weight is 300 g/mol. The molecule has 1 heterocycles. The molecule has 0 amide bonds. The molecule has 1 atom stereocenters. The van der Waals surface area contributed by atoms with Crippen molar-refractivity contribution in [3.05, 3.63) is 0 Å². The van der Waals surface area contributed by atoms with Gasteiger partial charge in [-0.15, -0.1) is 0 Å². The van der Waals surface area contributed by atoms with Crippen molar-refractivity contribution in [1.29, 1.82) is 0 Å². The van der Waals surface area contributed by atoms with Crippen LogP contribution in [0.5, 0.6) is 0 Å². The lowest BCUT2D eigenvalue weighted by Gasteiger charge is -2.37. The second-order valence-corrected chi connectivity index (χ2v) is 6.09. The molecule has 7 nitrogen and oxygen atoms in total. The summed E-state index contributed by atoms with van der Waals surface area (Å²) in [5, 5.41) is 11.6. The van der Waals surface area contributed by atoms with E-state index in [1.54, 1.807) is 0 Å². The van der Waals surface area contributed by atoms with Crippen LogP contribution in [-0.2, 0) is 10.0 Å². The van der Waals surface area contributed by atoms with Gasteiger partial charge in [-0.2, -0.15) is 13.1 Å². The third-order valence-electron chi connectivity index (χ3n) is 3.14. The van der Waals surface area contributed by atoms with E-state index in [4.69, 9.17) is 10.9 Å². The number of nitrogens with zero attached hydrogens (tertiary/aromatic N) is 3. The first-order valence-corrected chi connectivity index (χ1v) is 7.33. The Morgan fingerprint density at radius 2 is 1.89 bits per heavy atom. The second kappa shape index (κ2) is 6.44. The molecule has 1 fully saturated rings. The molecule has 1 unspecified atom stereocenters. The minimum atomic E-state index is -4.52. The summed E-state index contributed by atoms with van der Waals surface area (Å²) in [5.41, 5.74) is 5.53. The van der Waals surface area contributed by atoms with Crippen molar-refractivity contribution in [2.24, 2.45) is 10.9 Å². The third-order valence-corrected chi connectivity index (χ3v) is 4.68. The van der Waals surface area contributed by atoms with Gasteiger partial charge in [-0.25, -0.2) is 8.42 Å². The Kier molecular flexibility index (Phi) is 5.44. The molecule has 10 heteroatoms. The molecule has 19 heavy (non-hydrogen) atoms. The summed E-state index contributed by atoms with van der Waals surface area (Å²) in [6.07, 6.45) is 0.581. The first-order valence-electron chi connectivity index (χ1n) is 5.83. The van der Waals surface area contributed by atoms with Gasteiger partial charge in [0.15, 0.2) is 5.84 Å². The standard InChI is InChI=1S/C9H18F2N4O3S/c1-2-7(8(12)13-16)14-3-5-15(6-4-14)19(17,18)9(10)11/h7,9,16H,2-6H2,1H3,(H2,12,13). The van der Waals surface area contributed by atoms with E-state index < -0.39 is 15.8 Å². The van der Waals surface area contributed by atoms with Crippen molar-refractivity contribution >= 4 is 15.9 Å². The first-order chi connectivity index (χ1) is 8.84. The van der Waals surface area contributed by atoms with E-state index in [2.05, 4.69) is 5.16 Å². The molecular formula is C9H18F2N4O3S. The van der Waals surface area contributed by atoms with Gasteiger partial charge in [-0.3, -0.25) is 4.90 Å². The number of piperazine rings is 1. The van der Waals surface area contributed by atoms with Crippen LogP contribution >= 0.6 is 0 Å². The summed E-state index contributed by atoms with van der Waals surface area (Å²) in [5.74, 6) is -3.36. The number of hydrogen-bond acceptors (Lipinski definition) is 5. The Labute approximate surface area is 110 Å². The maximum atomic E-state index is 12.4. The quantitative estimate of drug-likeness (QED) is 0.314. The molecule has 1 aliphatic heterocycles. The fraction of sp³-hybridized carbons (Fsp3) is 0.889. The monoisotopic (exact) mass is 300 g/mol. The third kappa shape index (κ3) is 3.51. The van der Waals surface area contributed by atoms with Crippen molar-refractivity contribution in [3.63, 3.8) is 0 Å². The molecule has 112 valence electrons. The summed E-state index contributed by atoms with van der Waals surface area (Å²) < 4.78 is 48.1. The number of alkyl halides is 2. The Bertz CT molecular complexity index is 421. The first kappa shape index (κ1) is 16.1. The largest absolute Gasteiger partial charge is 0.409 e. The lowest BCUT2D eigenvalue weighted by atomic mass is 10.1. The molecule has 3 N–H and O–H groups in total. The number of hydrogen-bond donors (Lipinski definition) is 2. The molecule has 0 spiro atoms. The highest BCUT2D eigenvalue weighted by Crippen LogP contribution is 2.16. The zero-order valence-electron chi connectivity index (χ0n) is 10.5. The SMILES string of the molecule is CCC(C(N)=NO)N1CCN(S(=O)(=O)C(F)F)CC1. The summed E-state index contributed by atoms with van der Waals surface area (Å²) >= 11 is 0. The number of nitrogens with two attached hydrogens (primary N) is 1. The fourth-order valence-corrected chi connectivity index (χ4v) is 3.00. The normalized spacial score (nSPS) is 21.8. The molecule has 0 aromatic rings. The van der Waals surface area contributed by atoms with Crippen molar-refractivity contribution in [1.82, 2.24) is 9.21 Å². The van der Waals surface area contributed by atoms with Gasteiger partial charge < -0.3 is 10.9 Å². The molecule has 1 saturated heterocycles. The van der Waals surface area contributed by atoms with Crippen LogP contribution in [-0.4, -0.2) is 66.6 Å². The number of sulfonamides is 1. The van der Waals surface area contributed by atoms with Crippen LogP contribution in [0.1, 0.15) is 13.3 Å². The number of amidine groups is 1. The highest BCUT2D eigenvalue weighted by molar-refractivity contribution is 7.89. The smallest absolute Gasteiger partial charge is 0.350 e. The number of halogens is 2. The predicted octanol–water partition coefficient (Wildman–Crippen LogP) is -0.319. The van der Waals surface area contributed by atoms with Crippen molar-refractivity contribution < 1.29 is 22.4 Å². The Morgan fingerprint density at radius 1 is 1.37 bits per heavy atom. The Balaban J connectivity index is 2.68. The van der Waals surface area contributed by atoms with Crippen molar-refractivity contribution in [3.8, 4) is 0 Å². The van der Waals surface area contributed by atoms with Crippen LogP contribution in [0.2, 0.25) is 0 Å². The zero-order chi connectivity index (χ0) is 14.6. The van der Waals surface area contributed by atoms with E-state index in [1.165, 1.54) is 0 Å². The summed E-state index contributed by atoms with van der Waals surface area (Å²) in [4.78, 5) is 1.81. The maximum absolute atomic E-state index is 12.4. The van der Waals surface area contributed by atoms with Crippen LogP contribution in [0.25, 0.3) is 0 Å². The number of oxime groups is 1. The summed E-state index contributed by atoms with van der Waals surface area (Å²) in [6, 6.07) is -0.318. The second-order valence-electron chi connectivity index (χ2n) is 4.19. The molecule has 0 bridgehead atoms. The Hall–Kier alpha value is -1.00. The van der Waals surface area contributed by atoms with Gasteiger partial charge >= 0.3 is 5.76 Å². The fourth-order valence-electron chi connectivity index (χ4n) is 2.10. The molecule has 1 rings (SSSR count). The molecule has 1 aliphatic rings. The van der Waals surface area contributed by atoms with E-state index in [0.717, 1.165) is 4.31 Å². The van der Waals surface area contributed by atoms with Gasteiger partial charge in [0.25, 0.3) is 10.0 Å². The van der Waals surface area contributed by atoms with Crippen LogP contribution < -0.4 is 5.73 Å². The minimum Gasteiger partial charge on any atom is -0.409 e. The topological polar surface area (TPSA) is 99.2 Å². The zero-order valence-corrected chi connectivity index (χ0v) is 11.4. The van der Waals surface area contributed by atoms with Gasteiger partial charge in [-0.1, -0.05) is 12.1 Å². The molecule has 0 aromatic carbocycles. The van der Waals surface area contributed by atoms with Crippen LogP contribution in [0.3, 0.4) is 0 Å². The summed E-state index contributed by atoms with van der Waals surface area (Å²) in [6.45, 7) is 2.32. The number of rotatable bonds is 5. The Morgan fingerprint density at radius 3 is 2.26 bits per heavy atom. The van der Waals surface area contributed by atoms with E-state index in [9.17, 15) is 17.2 Å². The maximum Gasteiger partial charge on any atom is 0.350 e. The van der Waals surface area contributed by atoms with Crippen LogP contribution in [0.4, 0.5) is 8.78 Å². The van der Waals surface area contributed by atoms with E-state index >= 15 is 0 Å². The van der Waals surface area contributed by atoms with Crippen molar-refractivity contribution in [2.75, 3.05) is 26.2 Å². The lowest BCUT2D eigenvalue weighted by Crippen LogP contribution is -2.55. The van der Waals surface area contributed by atoms with Crippen LogP contribution in [0.15, 0.2) is 5.16 Å². The van der Waals surface area contributed by atoms with Gasteiger partial charge in [0.05, 0.1) is 6.04 Å². The molecular weight excluding hydrogens is 282 g/mol.